The summed E-state index contributed by atoms with van der Waals surface area (Å²) in [7, 11) is 0. The average molecular weight is 243 g/mol. The molecule has 0 radical (unpaired) electrons. The number of ketones is 1. The van der Waals surface area contributed by atoms with Crippen LogP contribution in [0.5, 0.6) is 0 Å². The van der Waals surface area contributed by atoms with Crippen LogP contribution in [-0.2, 0) is 4.79 Å². The first-order valence-electron chi connectivity index (χ1n) is 5.96. The van der Waals surface area contributed by atoms with E-state index in [-0.39, 0.29) is 5.92 Å². The number of rotatable bonds is 9. The van der Waals surface area contributed by atoms with E-state index >= 15 is 0 Å². The second kappa shape index (κ2) is 8.82. The smallest absolute Gasteiger partial charge is 0.145 e. The van der Waals surface area contributed by atoms with Crippen LogP contribution in [-0.4, -0.2) is 29.4 Å². The van der Waals surface area contributed by atoms with Crippen molar-refractivity contribution in [3.05, 3.63) is 12.7 Å². The van der Waals surface area contributed by atoms with Crippen LogP contribution in [0, 0.1) is 5.92 Å². The number of Topliss-reactive ketones (excluding diaryl/α,β-unsaturated/α-hetero) is 1. The zero-order valence-electron chi connectivity index (χ0n) is 11.0. The van der Waals surface area contributed by atoms with Crippen LogP contribution in [0.3, 0.4) is 0 Å². The minimum Gasteiger partial charge on any atom is -0.308 e. The van der Waals surface area contributed by atoms with Crippen molar-refractivity contribution in [1.29, 1.82) is 0 Å². The molecule has 94 valence electrons. The molecule has 0 fully saturated rings. The first-order valence-corrected chi connectivity index (χ1v) is 7.11. The lowest BCUT2D eigenvalue weighted by atomic mass is 10.1. The zero-order chi connectivity index (χ0) is 12.6. The molecule has 0 aliphatic heterocycles. The third-order valence-corrected chi connectivity index (χ3v) is 3.31. The van der Waals surface area contributed by atoms with Crippen molar-refractivity contribution in [2.75, 3.05) is 11.5 Å². The molecule has 1 unspecified atom stereocenters. The van der Waals surface area contributed by atoms with Gasteiger partial charge in [0.1, 0.15) is 5.78 Å². The molecule has 0 saturated heterocycles. The first kappa shape index (κ1) is 15.7. The van der Waals surface area contributed by atoms with Crippen molar-refractivity contribution in [2.24, 2.45) is 5.92 Å². The largest absolute Gasteiger partial charge is 0.308 e. The highest BCUT2D eigenvalue weighted by atomic mass is 32.2. The summed E-state index contributed by atoms with van der Waals surface area (Å²) in [5.74, 6) is 2.16. The standard InChI is InChI=1S/C13H25NOS/c1-6-12(14-11(4)5)7-8-16-9-13(15)10(2)3/h6,10-12,14H,1,7-9H2,2-5H3. The predicted octanol–water partition coefficient (Wildman–Crippen LogP) is 2.89. The van der Waals surface area contributed by atoms with Gasteiger partial charge < -0.3 is 5.32 Å². The fraction of sp³-hybridized carbons (Fsp3) is 0.769. The Bertz CT molecular complexity index is 214. The molecule has 1 atom stereocenters. The van der Waals surface area contributed by atoms with Crippen molar-refractivity contribution in [3.63, 3.8) is 0 Å². The highest BCUT2D eigenvalue weighted by molar-refractivity contribution is 7.99. The van der Waals surface area contributed by atoms with Gasteiger partial charge in [0, 0.05) is 18.0 Å². The monoisotopic (exact) mass is 243 g/mol. The van der Waals surface area contributed by atoms with E-state index in [0.717, 1.165) is 12.2 Å². The van der Waals surface area contributed by atoms with Crippen LogP contribution in [0.25, 0.3) is 0 Å². The van der Waals surface area contributed by atoms with Crippen LogP contribution in [0.2, 0.25) is 0 Å². The SMILES string of the molecule is C=CC(CCSCC(=O)C(C)C)NC(C)C. The van der Waals surface area contributed by atoms with Gasteiger partial charge in [0.15, 0.2) is 0 Å². The zero-order valence-corrected chi connectivity index (χ0v) is 11.8. The Morgan fingerprint density at radius 1 is 1.38 bits per heavy atom. The van der Waals surface area contributed by atoms with Crippen molar-refractivity contribution in [3.8, 4) is 0 Å². The van der Waals surface area contributed by atoms with Gasteiger partial charge in [0.2, 0.25) is 0 Å². The molecule has 0 saturated carbocycles. The van der Waals surface area contributed by atoms with E-state index in [0.29, 0.717) is 23.6 Å². The lowest BCUT2D eigenvalue weighted by Gasteiger charge is -2.17. The summed E-state index contributed by atoms with van der Waals surface area (Å²) in [6.07, 6.45) is 2.99. The van der Waals surface area contributed by atoms with Gasteiger partial charge in [-0.1, -0.05) is 33.8 Å². The van der Waals surface area contributed by atoms with Gasteiger partial charge in [-0.05, 0) is 12.2 Å². The van der Waals surface area contributed by atoms with Crippen molar-refractivity contribution >= 4 is 17.5 Å². The third-order valence-electron chi connectivity index (χ3n) is 2.29. The maximum atomic E-state index is 11.4. The Morgan fingerprint density at radius 2 is 2.00 bits per heavy atom. The molecule has 0 amide bonds. The van der Waals surface area contributed by atoms with Gasteiger partial charge in [0.05, 0.1) is 5.75 Å². The fourth-order valence-corrected chi connectivity index (χ4v) is 2.35. The predicted molar refractivity (Wildman–Crippen MR) is 74.0 cm³/mol. The average Bonchev–Trinajstić information content (AvgIpc) is 2.21. The summed E-state index contributed by atoms with van der Waals surface area (Å²) < 4.78 is 0. The second-order valence-corrected chi connectivity index (χ2v) is 5.73. The van der Waals surface area contributed by atoms with Gasteiger partial charge in [-0.2, -0.15) is 11.8 Å². The third kappa shape index (κ3) is 7.94. The van der Waals surface area contributed by atoms with Crippen LogP contribution in [0.4, 0.5) is 0 Å². The minimum absolute atomic E-state index is 0.163. The summed E-state index contributed by atoms with van der Waals surface area (Å²) in [6.45, 7) is 12.0. The summed E-state index contributed by atoms with van der Waals surface area (Å²) in [4.78, 5) is 11.4. The molecule has 0 bridgehead atoms. The molecule has 0 aliphatic rings. The molecule has 0 spiro atoms. The molecule has 0 aromatic carbocycles. The van der Waals surface area contributed by atoms with Crippen LogP contribution >= 0.6 is 11.8 Å². The molecule has 2 nitrogen and oxygen atoms in total. The van der Waals surface area contributed by atoms with E-state index in [2.05, 4.69) is 25.7 Å². The lowest BCUT2D eigenvalue weighted by molar-refractivity contribution is -0.119. The summed E-state index contributed by atoms with van der Waals surface area (Å²) in [6, 6.07) is 0.840. The number of thioether (sulfide) groups is 1. The maximum Gasteiger partial charge on any atom is 0.145 e. The van der Waals surface area contributed by atoms with Crippen molar-refractivity contribution < 1.29 is 4.79 Å². The number of hydrogen-bond donors (Lipinski definition) is 1. The molecule has 0 aliphatic carbocycles. The van der Waals surface area contributed by atoms with Gasteiger partial charge >= 0.3 is 0 Å². The molecule has 1 N–H and O–H groups in total. The Morgan fingerprint density at radius 3 is 2.44 bits per heavy atom. The Hall–Kier alpha value is -0.280. The number of carbonyl (C=O) groups is 1. The number of carbonyl (C=O) groups excluding carboxylic acids is 1. The molecule has 0 rings (SSSR count). The van der Waals surface area contributed by atoms with Crippen LogP contribution in [0.15, 0.2) is 12.7 Å². The van der Waals surface area contributed by atoms with Gasteiger partial charge in [-0.15, -0.1) is 6.58 Å². The summed E-state index contributed by atoms with van der Waals surface area (Å²) in [5, 5.41) is 3.42. The highest BCUT2D eigenvalue weighted by Crippen LogP contribution is 2.09. The molecule has 0 aromatic heterocycles. The molecular formula is C13H25NOS. The lowest BCUT2D eigenvalue weighted by Crippen LogP contribution is -2.33. The van der Waals surface area contributed by atoms with Crippen molar-refractivity contribution in [2.45, 2.75) is 46.2 Å². The fourth-order valence-electron chi connectivity index (χ4n) is 1.25. The van der Waals surface area contributed by atoms with Gasteiger partial charge in [-0.3, -0.25) is 4.79 Å². The Balaban J connectivity index is 3.63. The quantitative estimate of drug-likeness (QED) is 0.499. The normalized spacial score (nSPS) is 13.1. The van der Waals surface area contributed by atoms with Crippen LogP contribution < -0.4 is 5.32 Å². The second-order valence-electron chi connectivity index (χ2n) is 4.63. The van der Waals surface area contributed by atoms with E-state index in [1.165, 1.54) is 0 Å². The Labute approximate surface area is 104 Å². The van der Waals surface area contributed by atoms with E-state index in [1.807, 2.05) is 19.9 Å². The van der Waals surface area contributed by atoms with Crippen molar-refractivity contribution in [1.82, 2.24) is 5.32 Å². The molecule has 0 heterocycles. The molecular weight excluding hydrogens is 218 g/mol. The Kier molecular flexibility index (Phi) is 8.67. The van der Waals surface area contributed by atoms with E-state index in [1.54, 1.807) is 11.8 Å². The number of hydrogen-bond acceptors (Lipinski definition) is 3. The van der Waals surface area contributed by atoms with Gasteiger partial charge in [-0.25, -0.2) is 0 Å². The van der Waals surface area contributed by atoms with E-state index < -0.39 is 0 Å². The highest BCUT2D eigenvalue weighted by Gasteiger charge is 2.08. The number of nitrogens with one attached hydrogen (secondary N) is 1. The van der Waals surface area contributed by atoms with Gasteiger partial charge in [0.25, 0.3) is 0 Å². The maximum absolute atomic E-state index is 11.4. The van der Waals surface area contributed by atoms with E-state index in [4.69, 9.17) is 0 Å². The molecule has 3 heteroatoms. The summed E-state index contributed by atoms with van der Waals surface area (Å²) in [5.41, 5.74) is 0. The molecule has 0 aromatic rings. The molecule has 16 heavy (non-hydrogen) atoms. The van der Waals surface area contributed by atoms with E-state index in [9.17, 15) is 4.79 Å². The first-order chi connectivity index (χ1) is 7.47. The minimum atomic E-state index is 0.163. The summed E-state index contributed by atoms with van der Waals surface area (Å²) >= 11 is 1.72. The topological polar surface area (TPSA) is 29.1 Å². The van der Waals surface area contributed by atoms with Crippen LogP contribution in [0.1, 0.15) is 34.1 Å².